The highest BCUT2D eigenvalue weighted by Crippen LogP contribution is 2.32. The van der Waals surface area contributed by atoms with Gasteiger partial charge in [-0.05, 0) is 50.3 Å². The molecule has 0 aliphatic carbocycles. The van der Waals surface area contributed by atoms with Crippen LogP contribution in [0.5, 0.6) is 0 Å². The van der Waals surface area contributed by atoms with Gasteiger partial charge in [0.1, 0.15) is 12.1 Å². The maximum Gasteiger partial charge on any atom is 0.223 e. The van der Waals surface area contributed by atoms with E-state index in [9.17, 15) is 9.18 Å². The lowest BCUT2D eigenvalue weighted by atomic mass is 9.95. The molecule has 2 aromatic rings. The van der Waals surface area contributed by atoms with Gasteiger partial charge >= 0.3 is 0 Å². The minimum atomic E-state index is -0.266. The number of hydrogen-bond donors (Lipinski definition) is 1. The first-order valence-corrected chi connectivity index (χ1v) is 10.5. The number of carbonyl (C=O) groups is 1. The number of nitrogens with zero attached hydrogens (tertiary/aromatic N) is 4. The second-order valence-corrected chi connectivity index (χ2v) is 7.97. The van der Waals surface area contributed by atoms with E-state index in [2.05, 4.69) is 25.1 Å². The number of piperidine rings is 1. The molecule has 2 fully saturated rings. The number of anilines is 2. The van der Waals surface area contributed by atoms with Crippen LogP contribution in [0.4, 0.5) is 15.9 Å². The summed E-state index contributed by atoms with van der Waals surface area (Å²) in [7, 11) is 0. The van der Waals surface area contributed by atoms with Gasteiger partial charge < -0.3 is 15.1 Å². The second-order valence-electron chi connectivity index (χ2n) is 7.97. The van der Waals surface area contributed by atoms with E-state index in [1.54, 1.807) is 18.5 Å². The molecule has 1 N–H and O–H groups in total. The zero-order valence-electron chi connectivity index (χ0n) is 16.9. The van der Waals surface area contributed by atoms with Gasteiger partial charge in [0, 0.05) is 32.1 Å². The minimum Gasteiger partial charge on any atom is -0.367 e. The van der Waals surface area contributed by atoms with E-state index in [0.29, 0.717) is 0 Å². The predicted octanol–water partition coefficient (Wildman–Crippen LogP) is 3.31. The Balaban J connectivity index is 1.35. The van der Waals surface area contributed by atoms with Crippen LogP contribution < -0.4 is 15.1 Å². The molecule has 0 radical (unpaired) electrons. The molecular weight excluding hydrogens is 369 g/mol. The van der Waals surface area contributed by atoms with Gasteiger partial charge in [0.15, 0.2) is 5.82 Å². The molecule has 4 rings (SSSR count). The molecule has 0 spiro atoms. The van der Waals surface area contributed by atoms with Crippen molar-refractivity contribution in [2.24, 2.45) is 5.92 Å². The number of rotatable bonds is 5. The number of hydrogen-bond acceptors (Lipinski definition) is 5. The van der Waals surface area contributed by atoms with Crippen molar-refractivity contribution >= 4 is 17.4 Å². The van der Waals surface area contributed by atoms with Crippen LogP contribution >= 0.6 is 0 Å². The van der Waals surface area contributed by atoms with E-state index < -0.39 is 0 Å². The first-order valence-electron chi connectivity index (χ1n) is 10.5. The summed E-state index contributed by atoms with van der Waals surface area (Å²) >= 11 is 0. The van der Waals surface area contributed by atoms with Crippen molar-refractivity contribution in [2.75, 3.05) is 36.0 Å². The number of nitrogens with one attached hydrogen (secondary N) is 1. The number of aromatic nitrogens is 2. The van der Waals surface area contributed by atoms with Gasteiger partial charge in [-0.15, -0.1) is 0 Å². The lowest BCUT2D eigenvalue weighted by Gasteiger charge is -2.35. The zero-order chi connectivity index (χ0) is 20.2. The summed E-state index contributed by atoms with van der Waals surface area (Å²) in [5.41, 5.74) is 1.99. The standard InChI is InChI=1S/C22H28FN5O/c1-16(17-4-6-19(23)7-5-17)26-22(29)18-8-12-27(13-9-18)20-14-24-15-25-21(20)28-10-2-3-11-28/h4-7,14-16,18H,2-3,8-13H2,1H3,(H,26,29)/t16-/m0/s1. The minimum absolute atomic E-state index is 0.00554. The van der Waals surface area contributed by atoms with E-state index in [1.807, 2.05) is 13.1 Å². The molecule has 6 nitrogen and oxygen atoms in total. The molecule has 7 heteroatoms. The lowest BCUT2D eigenvalue weighted by Crippen LogP contribution is -2.41. The fourth-order valence-electron chi connectivity index (χ4n) is 4.26. The second kappa shape index (κ2) is 8.76. The van der Waals surface area contributed by atoms with Gasteiger partial charge in [-0.25, -0.2) is 14.4 Å². The van der Waals surface area contributed by atoms with E-state index in [0.717, 1.165) is 56.1 Å². The third-order valence-electron chi connectivity index (χ3n) is 6.01. The summed E-state index contributed by atoms with van der Waals surface area (Å²) in [5, 5.41) is 3.08. The number of halogens is 1. The Hall–Kier alpha value is -2.70. The highest BCUT2D eigenvalue weighted by Gasteiger charge is 2.28. The van der Waals surface area contributed by atoms with Crippen LogP contribution in [0.1, 0.15) is 44.2 Å². The highest BCUT2D eigenvalue weighted by atomic mass is 19.1. The fourth-order valence-corrected chi connectivity index (χ4v) is 4.26. The van der Waals surface area contributed by atoms with Crippen LogP contribution in [-0.4, -0.2) is 42.1 Å². The molecule has 1 aromatic carbocycles. The largest absolute Gasteiger partial charge is 0.367 e. The van der Waals surface area contributed by atoms with Gasteiger partial charge in [-0.3, -0.25) is 4.79 Å². The lowest BCUT2D eigenvalue weighted by molar-refractivity contribution is -0.126. The van der Waals surface area contributed by atoms with Crippen molar-refractivity contribution in [2.45, 2.75) is 38.6 Å². The smallest absolute Gasteiger partial charge is 0.223 e. The fraction of sp³-hybridized carbons (Fsp3) is 0.500. The molecule has 0 unspecified atom stereocenters. The van der Waals surface area contributed by atoms with Crippen molar-refractivity contribution in [3.63, 3.8) is 0 Å². The number of benzene rings is 1. The average Bonchev–Trinajstić information content (AvgIpc) is 3.29. The van der Waals surface area contributed by atoms with E-state index >= 15 is 0 Å². The molecule has 2 aliphatic rings. The summed E-state index contributed by atoms with van der Waals surface area (Å²) in [4.78, 5) is 26.1. The highest BCUT2D eigenvalue weighted by molar-refractivity contribution is 5.79. The molecule has 2 aliphatic heterocycles. The van der Waals surface area contributed by atoms with Crippen LogP contribution in [0.15, 0.2) is 36.8 Å². The summed E-state index contributed by atoms with van der Waals surface area (Å²) < 4.78 is 13.1. The predicted molar refractivity (Wildman–Crippen MR) is 111 cm³/mol. The van der Waals surface area contributed by atoms with Gasteiger partial charge in [-0.1, -0.05) is 12.1 Å². The Morgan fingerprint density at radius 2 is 1.79 bits per heavy atom. The Morgan fingerprint density at radius 1 is 1.10 bits per heavy atom. The number of amides is 1. The normalized spacial score (nSPS) is 18.7. The SMILES string of the molecule is C[C@H](NC(=O)C1CCN(c2cncnc2N2CCCC2)CC1)c1ccc(F)cc1. The Bertz CT molecular complexity index is 829. The molecule has 2 saturated heterocycles. The van der Waals surface area contributed by atoms with Gasteiger partial charge in [0.2, 0.25) is 5.91 Å². The quantitative estimate of drug-likeness (QED) is 0.839. The van der Waals surface area contributed by atoms with Gasteiger partial charge in [0.25, 0.3) is 0 Å². The summed E-state index contributed by atoms with van der Waals surface area (Å²) in [6.07, 6.45) is 7.54. The van der Waals surface area contributed by atoms with Crippen molar-refractivity contribution in [1.29, 1.82) is 0 Å². The molecule has 29 heavy (non-hydrogen) atoms. The van der Waals surface area contributed by atoms with Crippen LogP contribution in [-0.2, 0) is 4.79 Å². The molecule has 3 heterocycles. The average molecular weight is 397 g/mol. The van der Waals surface area contributed by atoms with E-state index in [1.165, 1.54) is 25.0 Å². The maximum atomic E-state index is 13.1. The van der Waals surface area contributed by atoms with Crippen LogP contribution in [0.3, 0.4) is 0 Å². The maximum absolute atomic E-state index is 13.1. The molecular formula is C22H28FN5O. The molecule has 0 bridgehead atoms. The molecule has 1 amide bonds. The third-order valence-corrected chi connectivity index (χ3v) is 6.01. The first kappa shape index (κ1) is 19.6. The Kier molecular flexibility index (Phi) is 5.92. The molecule has 1 aromatic heterocycles. The van der Waals surface area contributed by atoms with Gasteiger partial charge in [-0.2, -0.15) is 0 Å². The van der Waals surface area contributed by atoms with Crippen molar-refractivity contribution in [3.8, 4) is 0 Å². The zero-order valence-corrected chi connectivity index (χ0v) is 16.9. The van der Waals surface area contributed by atoms with E-state index in [4.69, 9.17) is 0 Å². The third kappa shape index (κ3) is 4.49. The molecule has 1 atom stereocenters. The Labute approximate surface area is 171 Å². The van der Waals surface area contributed by atoms with Gasteiger partial charge in [0.05, 0.1) is 17.9 Å². The van der Waals surface area contributed by atoms with E-state index in [-0.39, 0.29) is 23.7 Å². The molecule has 0 saturated carbocycles. The van der Waals surface area contributed by atoms with Crippen LogP contribution in [0.25, 0.3) is 0 Å². The summed E-state index contributed by atoms with van der Waals surface area (Å²) in [6.45, 7) is 5.66. The number of carbonyl (C=O) groups excluding carboxylic acids is 1. The first-order chi connectivity index (χ1) is 14.1. The van der Waals surface area contributed by atoms with Crippen LogP contribution in [0.2, 0.25) is 0 Å². The summed E-state index contributed by atoms with van der Waals surface area (Å²) in [6, 6.07) is 6.16. The van der Waals surface area contributed by atoms with Crippen LogP contribution in [0, 0.1) is 11.7 Å². The summed E-state index contributed by atoms with van der Waals surface area (Å²) in [5.74, 6) is 0.822. The monoisotopic (exact) mass is 397 g/mol. The van der Waals surface area contributed by atoms with Crippen molar-refractivity contribution < 1.29 is 9.18 Å². The van der Waals surface area contributed by atoms with Crippen molar-refractivity contribution in [1.82, 2.24) is 15.3 Å². The Morgan fingerprint density at radius 3 is 2.48 bits per heavy atom. The van der Waals surface area contributed by atoms with Crippen molar-refractivity contribution in [3.05, 3.63) is 48.2 Å². The topological polar surface area (TPSA) is 61.4 Å². The molecule has 154 valence electrons.